The summed E-state index contributed by atoms with van der Waals surface area (Å²) in [5.41, 5.74) is 1.20. The molecule has 2 aromatic heterocycles. The minimum absolute atomic E-state index is 0.0908. The number of carbonyl (C=O) groups is 3. The number of thiophene rings is 1. The molecular weight excluding hydrogens is 394 g/mol. The van der Waals surface area contributed by atoms with Gasteiger partial charge in [0.25, 0.3) is 0 Å². The van der Waals surface area contributed by atoms with E-state index in [0.29, 0.717) is 16.3 Å². The molecule has 146 valence electrons. The number of hydrogen-bond acceptors (Lipinski definition) is 7. The van der Waals surface area contributed by atoms with Gasteiger partial charge in [-0.15, -0.1) is 11.3 Å². The molecule has 0 unspecified atom stereocenters. The number of nitrogens with one attached hydrogen (secondary N) is 1. The number of nitrogens with zero attached hydrogens (tertiary/aromatic N) is 2. The second-order valence-electron chi connectivity index (χ2n) is 5.48. The Morgan fingerprint density at radius 3 is 2.37 bits per heavy atom. The van der Waals surface area contributed by atoms with E-state index in [4.69, 9.17) is 21.1 Å². The Balaban J connectivity index is 2.31. The van der Waals surface area contributed by atoms with E-state index in [1.54, 1.807) is 27.7 Å². The van der Waals surface area contributed by atoms with E-state index in [2.05, 4.69) is 10.4 Å². The Hall–Kier alpha value is -2.39. The van der Waals surface area contributed by atoms with Crippen LogP contribution >= 0.6 is 22.9 Å². The molecule has 8 nitrogen and oxygen atoms in total. The first-order valence-corrected chi connectivity index (χ1v) is 9.44. The maximum Gasteiger partial charge on any atom is 0.348 e. The van der Waals surface area contributed by atoms with Gasteiger partial charge in [-0.25, -0.2) is 9.59 Å². The summed E-state index contributed by atoms with van der Waals surface area (Å²) < 4.78 is 11.5. The van der Waals surface area contributed by atoms with Crippen LogP contribution in [-0.2, 0) is 20.8 Å². The summed E-state index contributed by atoms with van der Waals surface area (Å²) in [6, 6.07) is 0. The largest absolute Gasteiger partial charge is 0.462 e. The predicted molar refractivity (Wildman–Crippen MR) is 102 cm³/mol. The summed E-state index contributed by atoms with van der Waals surface area (Å²) in [4.78, 5) is 37.1. The molecule has 0 aromatic carbocycles. The zero-order valence-electron chi connectivity index (χ0n) is 15.4. The normalized spacial score (nSPS) is 10.6. The lowest BCUT2D eigenvalue weighted by atomic mass is 10.1. The van der Waals surface area contributed by atoms with Gasteiger partial charge in [0, 0.05) is 0 Å². The molecule has 0 aliphatic carbocycles. The van der Waals surface area contributed by atoms with E-state index in [1.807, 2.05) is 0 Å². The summed E-state index contributed by atoms with van der Waals surface area (Å²) in [5, 5.41) is 7.36. The van der Waals surface area contributed by atoms with Crippen LogP contribution < -0.4 is 5.32 Å². The molecule has 0 bridgehead atoms. The molecule has 27 heavy (non-hydrogen) atoms. The van der Waals surface area contributed by atoms with Crippen molar-refractivity contribution in [2.45, 2.75) is 34.2 Å². The average Bonchev–Trinajstić information content (AvgIpc) is 3.09. The van der Waals surface area contributed by atoms with Crippen LogP contribution in [0.1, 0.15) is 45.1 Å². The number of anilines is 1. The van der Waals surface area contributed by atoms with Crippen molar-refractivity contribution >= 4 is 45.8 Å². The molecule has 0 fully saturated rings. The maximum atomic E-state index is 12.4. The molecule has 0 aliphatic rings. The molecule has 0 saturated carbocycles. The van der Waals surface area contributed by atoms with Gasteiger partial charge in [0.05, 0.1) is 35.7 Å². The molecule has 0 radical (unpaired) electrons. The molecule has 2 rings (SSSR count). The van der Waals surface area contributed by atoms with Crippen molar-refractivity contribution < 1.29 is 23.9 Å². The Bertz CT molecular complexity index is 874. The zero-order chi connectivity index (χ0) is 20.1. The van der Waals surface area contributed by atoms with Crippen LogP contribution in [0.25, 0.3) is 0 Å². The second kappa shape index (κ2) is 9.01. The van der Waals surface area contributed by atoms with Crippen molar-refractivity contribution in [3.8, 4) is 0 Å². The molecule has 0 aliphatic heterocycles. The third-order valence-corrected chi connectivity index (χ3v) is 5.24. The molecule has 0 saturated heterocycles. The van der Waals surface area contributed by atoms with Crippen molar-refractivity contribution in [3.05, 3.63) is 32.9 Å². The van der Waals surface area contributed by atoms with Gasteiger partial charge in [0.15, 0.2) is 0 Å². The third kappa shape index (κ3) is 4.67. The maximum absolute atomic E-state index is 12.4. The highest BCUT2D eigenvalue weighted by molar-refractivity contribution is 7.18. The summed E-state index contributed by atoms with van der Waals surface area (Å²) in [5.74, 6) is -1.59. The number of esters is 2. The van der Waals surface area contributed by atoms with Crippen LogP contribution in [0.3, 0.4) is 0 Å². The van der Waals surface area contributed by atoms with Crippen molar-refractivity contribution in [3.63, 3.8) is 0 Å². The molecule has 0 spiro atoms. The Kier molecular flexibility index (Phi) is 6.98. The van der Waals surface area contributed by atoms with Gasteiger partial charge in [-0.05, 0) is 33.3 Å². The van der Waals surface area contributed by atoms with Gasteiger partial charge >= 0.3 is 11.9 Å². The first-order chi connectivity index (χ1) is 12.8. The summed E-state index contributed by atoms with van der Waals surface area (Å²) in [6.45, 7) is 6.99. The lowest BCUT2D eigenvalue weighted by Gasteiger charge is -2.08. The lowest BCUT2D eigenvalue weighted by molar-refractivity contribution is -0.116. The minimum atomic E-state index is -0.615. The zero-order valence-corrected chi connectivity index (χ0v) is 17.0. The van der Waals surface area contributed by atoms with Gasteiger partial charge in [0.1, 0.15) is 16.4 Å². The average molecular weight is 414 g/mol. The van der Waals surface area contributed by atoms with Crippen molar-refractivity contribution in [2.75, 3.05) is 18.5 Å². The number of ether oxygens (including phenoxy) is 2. The van der Waals surface area contributed by atoms with E-state index in [-0.39, 0.29) is 35.2 Å². The summed E-state index contributed by atoms with van der Waals surface area (Å²) in [7, 11) is 0. The number of rotatable bonds is 7. The van der Waals surface area contributed by atoms with Gasteiger partial charge in [-0.1, -0.05) is 11.6 Å². The molecular formula is C17H20ClN3O5S. The van der Waals surface area contributed by atoms with E-state index < -0.39 is 17.8 Å². The number of hydrogen-bond donors (Lipinski definition) is 1. The second-order valence-corrected chi connectivity index (χ2v) is 6.91. The summed E-state index contributed by atoms with van der Waals surface area (Å²) >= 11 is 6.91. The van der Waals surface area contributed by atoms with E-state index in [1.165, 1.54) is 10.9 Å². The van der Waals surface area contributed by atoms with Gasteiger partial charge in [-0.2, -0.15) is 5.10 Å². The number of aromatic nitrogens is 2. The van der Waals surface area contributed by atoms with Crippen LogP contribution in [0.5, 0.6) is 0 Å². The smallest absolute Gasteiger partial charge is 0.348 e. The first kappa shape index (κ1) is 20.9. The van der Waals surface area contributed by atoms with Crippen LogP contribution in [0.4, 0.5) is 5.00 Å². The fourth-order valence-corrected chi connectivity index (χ4v) is 3.57. The van der Waals surface area contributed by atoms with Crippen LogP contribution in [0.15, 0.2) is 6.20 Å². The monoisotopic (exact) mass is 413 g/mol. The SMILES string of the molecule is CCOC(=O)c1sc(NC(=O)Cn2ncc(Cl)c2C)c(C(=O)OCC)c1C. The lowest BCUT2D eigenvalue weighted by Crippen LogP contribution is -2.21. The van der Waals surface area contributed by atoms with Gasteiger partial charge in [0.2, 0.25) is 5.91 Å². The minimum Gasteiger partial charge on any atom is -0.462 e. The number of amides is 1. The van der Waals surface area contributed by atoms with Gasteiger partial charge in [-0.3, -0.25) is 9.48 Å². The Morgan fingerprint density at radius 2 is 1.81 bits per heavy atom. The van der Waals surface area contributed by atoms with E-state index >= 15 is 0 Å². The topological polar surface area (TPSA) is 99.5 Å². The molecule has 1 N–H and O–H groups in total. The van der Waals surface area contributed by atoms with Crippen LogP contribution in [0, 0.1) is 13.8 Å². The Morgan fingerprint density at radius 1 is 1.19 bits per heavy atom. The standard InChI is InChI=1S/C17H20ClN3O5S/c1-5-25-16(23)13-9(3)14(17(24)26-6-2)27-15(13)20-12(22)8-21-10(4)11(18)7-19-21/h7H,5-6,8H2,1-4H3,(H,20,22). The van der Waals surface area contributed by atoms with Crippen molar-refractivity contribution in [1.29, 1.82) is 0 Å². The molecule has 0 atom stereocenters. The fourth-order valence-electron chi connectivity index (χ4n) is 2.33. The first-order valence-electron chi connectivity index (χ1n) is 8.25. The van der Waals surface area contributed by atoms with E-state index in [9.17, 15) is 14.4 Å². The Labute approximate surface area is 165 Å². The molecule has 1 amide bonds. The molecule has 2 aromatic rings. The molecule has 2 heterocycles. The predicted octanol–water partition coefficient (Wildman–Crippen LogP) is 3.21. The number of halogens is 1. The van der Waals surface area contributed by atoms with Crippen LogP contribution in [-0.4, -0.2) is 40.8 Å². The molecule has 10 heteroatoms. The summed E-state index contributed by atoms with van der Waals surface area (Å²) in [6.07, 6.45) is 1.45. The number of carbonyl (C=O) groups excluding carboxylic acids is 3. The van der Waals surface area contributed by atoms with Crippen LogP contribution in [0.2, 0.25) is 5.02 Å². The highest BCUT2D eigenvalue weighted by atomic mass is 35.5. The van der Waals surface area contributed by atoms with E-state index in [0.717, 1.165) is 11.3 Å². The highest BCUT2D eigenvalue weighted by Gasteiger charge is 2.27. The van der Waals surface area contributed by atoms with Gasteiger partial charge < -0.3 is 14.8 Å². The fraction of sp³-hybridized carbons (Fsp3) is 0.412. The third-order valence-electron chi connectivity index (χ3n) is 3.68. The quantitative estimate of drug-likeness (QED) is 0.699. The van der Waals surface area contributed by atoms with Crippen molar-refractivity contribution in [2.24, 2.45) is 0 Å². The highest BCUT2D eigenvalue weighted by Crippen LogP contribution is 2.34. The van der Waals surface area contributed by atoms with Crippen molar-refractivity contribution in [1.82, 2.24) is 9.78 Å².